The van der Waals surface area contributed by atoms with Crippen molar-refractivity contribution in [2.45, 2.75) is 13.5 Å². The average Bonchev–Trinajstić information content (AvgIpc) is 2.91. The minimum Gasteiger partial charge on any atom is -0.334 e. The molecule has 0 N–H and O–H groups in total. The number of carbonyl (C=O) groups excluding carboxylic acids is 1. The lowest BCUT2D eigenvalue weighted by Gasteiger charge is -2.20. The Balaban J connectivity index is 2.15. The Kier molecular flexibility index (Phi) is 4.39. The molecular weight excluding hydrogens is 266 g/mol. The fraction of sp³-hybridized carbons (Fsp3) is 0.214. The molecule has 2 nitrogen and oxygen atoms in total. The number of amides is 1. The number of benzene rings is 1. The molecule has 0 fully saturated rings. The van der Waals surface area contributed by atoms with Gasteiger partial charge in [-0.25, -0.2) is 0 Å². The zero-order valence-electron chi connectivity index (χ0n) is 10.1. The van der Waals surface area contributed by atoms with E-state index in [0.717, 1.165) is 10.4 Å². The van der Waals surface area contributed by atoms with Crippen molar-refractivity contribution in [3.05, 3.63) is 57.2 Å². The number of rotatable bonds is 4. The third kappa shape index (κ3) is 2.92. The van der Waals surface area contributed by atoms with Crippen LogP contribution in [-0.2, 0) is 6.54 Å². The van der Waals surface area contributed by atoms with E-state index in [1.165, 1.54) is 11.3 Å². The number of hydrogen-bond acceptors (Lipinski definition) is 2. The van der Waals surface area contributed by atoms with E-state index in [2.05, 4.69) is 0 Å². The Morgan fingerprint density at radius 3 is 2.67 bits per heavy atom. The summed E-state index contributed by atoms with van der Waals surface area (Å²) in [4.78, 5) is 14.8. The summed E-state index contributed by atoms with van der Waals surface area (Å²) < 4.78 is 0. The summed E-state index contributed by atoms with van der Waals surface area (Å²) in [6, 6.07) is 11.4. The molecular formula is C14H14ClNOS. The molecule has 2 rings (SSSR count). The van der Waals surface area contributed by atoms with Crippen molar-refractivity contribution in [2.75, 3.05) is 6.54 Å². The van der Waals surface area contributed by atoms with Crippen LogP contribution in [0.25, 0.3) is 0 Å². The first-order valence-electron chi connectivity index (χ1n) is 5.78. The van der Waals surface area contributed by atoms with Gasteiger partial charge in [-0.1, -0.05) is 35.9 Å². The lowest BCUT2D eigenvalue weighted by molar-refractivity contribution is 0.0757. The van der Waals surface area contributed by atoms with Crippen LogP contribution in [0, 0.1) is 0 Å². The van der Waals surface area contributed by atoms with Crippen molar-refractivity contribution in [1.29, 1.82) is 0 Å². The lowest BCUT2D eigenvalue weighted by atomic mass is 10.2. The van der Waals surface area contributed by atoms with Crippen molar-refractivity contribution in [3.8, 4) is 0 Å². The van der Waals surface area contributed by atoms with Crippen LogP contribution in [0.2, 0.25) is 5.02 Å². The van der Waals surface area contributed by atoms with E-state index < -0.39 is 0 Å². The highest BCUT2D eigenvalue weighted by Gasteiger charge is 2.16. The Labute approximate surface area is 116 Å². The molecule has 0 spiro atoms. The zero-order chi connectivity index (χ0) is 13.0. The van der Waals surface area contributed by atoms with Crippen molar-refractivity contribution in [2.24, 2.45) is 0 Å². The molecule has 94 valence electrons. The van der Waals surface area contributed by atoms with Gasteiger partial charge in [-0.3, -0.25) is 4.79 Å². The van der Waals surface area contributed by atoms with Crippen LogP contribution in [0.3, 0.4) is 0 Å². The molecule has 18 heavy (non-hydrogen) atoms. The van der Waals surface area contributed by atoms with Crippen LogP contribution in [-0.4, -0.2) is 17.4 Å². The summed E-state index contributed by atoms with van der Waals surface area (Å²) in [6.07, 6.45) is 0. The topological polar surface area (TPSA) is 20.3 Å². The van der Waals surface area contributed by atoms with E-state index in [4.69, 9.17) is 11.6 Å². The van der Waals surface area contributed by atoms with Gasteiger partial charge in [0, 0.05) is 18.1 Å². The number of carbonyl (C=O) groups is 1. The highest BCUT2D eigenvalue weighted by Crippen LogP contribution is 2.19. The molecule has 0 saturated heterocycles. The van der Waals surface area contributed by atoms with E-state index in [1.54, 1.807) is 4.90 Å². The molecule has 0 radical (unpaired) electrons. The van der Waals surface area contributed by atoms with Gasteiger partial charge in [-0.2, -0.15) is 0 Å². The molecule has 2 aromatic rings. The van der Waals surface area contributed by atoms with Gasteiger partial charge in [0.1, 0.15) is 0 Å². The second kappa shape index (κ2) is 6.03. The lowest BCUT2D eigenvalue weighted by Crippen LogP contribution is -2.29. The highest BCUT2D eigenvalue weighted by atomic mass is 35.5. The minimum absolute atomic E-state index is 0.0624. The van der Waals surface area contributed by atoms with E-state index in [9.17, 15) is 4.79 Å². The predicted molar refractivity (Wildman–Crippen MR) is 76.2 cm³/mol. The number of nitrogens with zero attached hydrogens (tertiary/aromatic N) is 1. The summed E-state index contributed by atoms with van der Waals surface area (Å²) in [5, 5.41) is 2.62. The highest BCUT2D eigenvalue weighted by molar-refractivity contribution is 7.12. The molecule has 1 heterocycles. The molecule has 0 unspecified atom stereocenters. The van der Waals surface area contributed by atoms with E-state index >= 15 is 0 Å². The summed E-state index contributed by atoms with van der Waals surface area (Å²) >= 11 is 7.58. The molecule has 0 atom stereocenters. The second-order valence-corrected chi connectivity index (χ2v) is 5.24. The predicted octanol–water partition coefficient (Wildman–Crippen LogP) is 4.06. The number of hydrogen-bond donors (Lipinski definition) is 0. The SMILES string of the molecule is CCN(Cc1ccccc1Cl)C(=O)c1cccs1. The van der Waals surface area contributed by atoms with Crippen LogP contribution >= 0.6 is 22.9 Å². The normalized spacial score (nSPS) is 10.3. The standard InChI is InChI=1S/C14H14ClNOS/c1-2-16(14(17)13-8-5-9-18-13)10-11-6-3-4-7-12(11)15/h3-9H,2,10H2,1H3. The van der Waals surface area contributed by atoms with Crippen LogP contribution in [0.4, 0.5) is 0 Å². The fourth-order valence-corrected chi connectivity index (χ4v) is 2.60. The number of thiophene rings is 1. The third-order valence-electron chi connectivity index (χ3n) is 2.72. The molecule has 0 bridgehead atoms. The molecule has 0 saturated carbocycles. The van der Waals surface area contributed by atoms with Gasteiger partial charge in [0.05, 0.1) is 4.88 Å². The number of halogens is 1. The maximum atomic E-state index is 12.2. The van der Waals surface area contributed by atoms with E-state index in [1.807, 2.05) is 48.7 Å². The Morgan fingerprint density at radius 2 is 2.06 bits per heavy atom. The Bertz CT molecular complexity index is 524. The van der Waals surface area contributed by atoms with Gasteiger partial charge < -0.3 is 4.90 Å². The molecule has 1 aromatic heterocycles. The van der Waals surface area contributed by atoms with Crippen molar-refractivity contribution in [3.63, 3.8) is 0 Å². The summed E-state index contributed by atoms with van der Waals surface area (Å²) in [5.74, 6) is 0.0624. The fourth-order valence-electron chi connectivity index (χ4n) is 1.72. The van der Waals surface area contributed by atoms with Crippen LogP contribution in [0.1, 0.15) is 22.2 Å². The van der Waals surface area contributed by atoms with Gasteiger partial charge in [-0.05, 0) is 30.0 Å². The minimum atomic E-state index is 0.0624. The van der Waals surface area contributed by atoms with Crippen LogP contribution < -0.4 is 0 Å². The van der Waals surface area contributed by atoms with E-state index in [0.29, 0.717) is 18.1 Å². The first kappa shape index (κ1) is 13.1. The molecule has 1 aromatic carbocycles. The van der Waals surface area contributed by atoms with Crippen molar-refractivity contribution in [1.82, 2.24) is 4.90 Å². The molecule has 0 aliphatic carbocycles. The summed E-state index contributed by atoms with van der Waals surface area (Å²) in [5.41, 5.74) is 0.978. The Morgan fingerprint density at radius 1 is 1.28 bits per heavy atom. The van der Waals surface area contributed by atoms with Gasteiger partial charge in [0.15, 0.2) is 0 Å². The van der Waals surface area contributed by atoms with Gasteiger partial charge >= 0.3 is 0 Å². The van der Waals surface area contributed by atoms with Gasteiger partial charge in [0.25, 0.3) is 5.91 Å². The molecule has 4 heteroatoms. The second-order valence-electron chi connectivity index (χ2n) is 3.89. The van der Waals surface area contributed by atoms with Gasteiger partial charge in [0.2, 0.25) is 0 Å². The molecule has 0 aliphatic heterocycles. The maximum absolute atomic E-state index is 12.2. The first-order chi connectivity index (χ1) is 8.72. The quantitative estimate of drug-likeness (QED) is 0.826. The van der Waals surface area contributed by atoms with Crippen LogP contribution in [0.15, 0.2) is 41.8 Å². The smallest absolute Gasteiger partial charge is 0.264 e. The molecule has 1 amide bonds. The monoisotopic (exact) mass is 279 g/mol. The molecule has 0 aliphatic rings. The summed E-state index contributed by atoms with van der Waals surface area (Å²) in [7, 11) is 0. The maximum Gasteiger partial charge on any atom is 0.264 e. The van der Waals surface area contributed by atoms with Crippen LogP contribution in [0.5, 0.6) is 0 Å². The Hall–Kier alpha value is -1.32. The van der Waals surface area contributed by atoms with Crippen molar-refractivity contribution < 1.29 is 4.79 Å². The first-order valence-corrected chi connectivity index (χ1v) is 7.04. The third-order valence-corrected chi connectivity index (χ3v) is 3.95. The average molecular weight is 280 g/mol. The summed E-state index contributed by atoms with van der Waals surface area (Å²) in [6.45, 7) is 3.19. The van der Waals surface area contributed by atoms with Crippen molar-refractivity contribution >= 4 is 28.8 Å². The van der Waals surface area contributed by atoms with E-state index in [-0.39, 0.29) is 5.91 Å². The zero-order valence-corrected chi connectivity index (χ0v) is 11.7. The largest absolute Gasteiger partial charge is 0.334 e. The van der Waals surface area contributed by atoms with Gasteiger partial charge in [-0.15, -0.1) is 11.3 Å².